The largest absolute Gasteiger partial charge is 0.310 e. The summed E-state index contributed by atoms with van der Waals surface area (Å²) in [5.41, 5.74) is 1.20. The Kier molecular flexibility index (Phi) is 5.80. The Hall–Kier alpha value is -0.930. The summed E-state index contributed by atoms with van der Waals surface area (Å²) >= 11 is 0. The van der Waals surface area contributed by atoms with E-state index >= 15 is 0 Å². The zero-order chi connectivity index (χ0) is 13.5. The Morgan fingerprint density at radius 3 is 2.53 bits per heavy atom. The molecule has 1 fully saturated rings. The fraction of sp³-hybridized carbons (Fsp3) is 0.625. The minimum atomic E-state index is -0.155. The molecule has 3 heteroatoms. The predicted octanol–water partition coefficient (Wildman–Crippen LogP) is 3.35. The molecule has 2 rings (SSSR count). The van der Waals surface area contributed by atoms with Gasteiger partial charge in [0.15, 0.2) is 0 Å². The molecule has 1 aromatic rings. The number of hydrogen-bond acceptors (Lipinski definition) is 2. The van der Waals surface area contributed by atoms with Crippen LogP contribution in [0.25, 0.3) is 0 Å². The number of benzene rings is 1. The first-order valence-corrected chi connectivity index (χ1v) is 7.51. The Morgan fingerprint density at radius 2 is 1.89 bits per heavy atom. The fourth-order valence-electron chi connectivity index (χ4n) is 2.72. The number of nitrogens with zero attached hydrogens (tertiary/aromatic N) is 1. The minimum Gasteiger partial charge on any atom is -0.310 e. The molecule has 0 spiro atoms. The number of halogens is 1. The second-order valence-corrected chi connectivity index (χ2v) is 5.40. The van der Waals surface area contributed by atoms with E-state index in [-0.39, 0.29) is 5.82 Å². The van der Waals surface area contributed by atoms with Crippen LogP contribution in [0.1, 0.15) is 44.2 Å². The summed E-state index contributed by atoms with van der Waals surface area (Å²) in [6, 6.07) is 7.29. The lowest BCUT2D eigenvalue weighted by Gasteiger charge is -2.22. The second kappa shape index (κ2) is 7.61. The monoisotopic (exact) mass is 264 g/mol. The first kappa shape index (κ1) is 14.5. The molecule has 1 heterocycles. The summed E-state index contributed by atoms with van der Waals surface area (Å²) in [6.07, 6.45) is 4.90. The zero-order valence-corrected chi connectivity index (χ0v) is 11.9. The van der Waals surface area contributed by atoms with E-state index in [0.717, 1.165) is 25.9 Å². The van der Waals surface area contributed by atoms with Crippen molar-refractivity contribution in [3.05, 3.63) is 35.6 Å². The van der Waals surface area contributed by atoms with E-state index in [1.165, 1.54) is 31.5 Å². The van der Waals surface area contributed by atoms with Crippen LogP contribution in [-0.2, 0) is 0 Å². The molecule has 1 unspecified atom stereocenters. The molecule has 1 atom stereocenters. The molecular formula is C16H25FN2. The van der Waals surface area contributed by atoms with Crippen LogP contribution in [-0.4, -0.2) is 31.1 Å². The Bertz CT molecular complexity index is 358. The van der Waals surface area contributed by atoms with Gasteiger partial charge in [-0.05, 0) is 69.6 Å². The zero-order valence-electron chi connectivity index (χ0n) is 11.9. The number of rotatable bonds is 7. The SMILES string of the molecule is CCCNC(CCN1CCCC1)c1ccc(F)cc1. The highest BCUT2D eigenvalue weighted by Gasteiger charge is 2.15. The smallest absolute Gasteiger partial charge is 0.123 e. The maximum atomic E-state index is 13.0. The molecule has 106 valence electrons. The molecule has 0 amide bonds. The fourth-order valence-corrected chi connectivity index (χ4v) is 2.72. The average Bonchev–Trinajstić information content (AvgIpc) is 2.93. The van der Waals surface area contributed by atoms with Crippen LogP contribution in [0.3, 0.4) is 0 Å². The molecule has 0 bridgehead atoms. The van der Waals surface area contributed by atoms with Gasteiger partial charge in [-0.15, -0.1) is 0 Å². The summed E-state index contributed by atoms with van der Waals surface area (Å²) in [6.45, 7) is 6.81. The van der Waals surface area contributed by atoms with Gasteiger partial charge in [0.1, 0.15) is 5.82 Å². The van der Waals surface area contributed by atoms with Crippen molar-refractivity contribution in [2.75, 3.05) is 26.2 Å². The normalized spacial score (nSPS) is 17.8. The third kappa shape index (κ3) is 4.59. The van der Waals surface area contributed by atoms with E-state index in [2.05, 4.69) is 17.1 Å². The van der Waals surface area contributed by atoms with Gasteiger partial charge in [-0.1, -0.05) is 19.1 Å². The van der Waals surface area contributed by atoms with Crippen molar-refractivity contribution >= 4 is 0 Å². The van der Waals surface area contributed by atoms with Gasteiger partial charge in [0.05, 0.1) is 0 Å². The highest BCUT2D eigenvalue weighted by Crippen LogP contribution is 2.19. The molecule has 1 aliphatic rings. The lowest BCUT2D eigenvalue weighted by atomic mass is 10.0. The van der Waals surface area contributed by atoms with Crippen LogP contribution in [0.4, 0.5) is 4.39 Å². The Morgan fingerprint density at radius 1 is 1.21 bits per heavy atom. The van der Waals surface area contributed by atoms with Crippen LogP contribution >= 0.6 is 0 Å². The van der Waals surface area contributed by atoms with E-state index in [1.54, 1.807) is 12.1 Å². The average molecular weight is 264 g/mol. The van der Waals surface area contributed by atoms with E-state index in [4.69, 9.17) is 0 Å². The van der Waals surface area contributed by atoms with Gasteiger partial charge in [0.2, 0.25) is 0 Å². The van der Waals surface area contributed by atoms with Crippen LogP contribution in [0.2, 0.25) is 0 Å². The molecule has 2 nitrogen and oxygen atoms in total. The third-order valence-electron chi connectivity index (χ3n) is 3.85. The third-order valence-corrected chi connectivity index (χ3v) is 3.85. The summed E-state index contributed by atoms with van der Waals surface area (Å²) in [5, 5.41) is 3.58. The number of likely N-dealkylation sites (tertiary alicyclic amines) is 1. The van der Waals surface area contributed by atoms with Gasteiger partial charge in [0, 0.05) is 6.04 Å². The Labute approximate surface area is 116 Å². The second-order valence-electron chi connectivity index (χ2n) is 5.40. The van der Waals surface area contributed by atoms with Gasteiger partial charge >= 0.3 is 0 Å². The first-order valence-electron chi connectivity index (χ1n) is 7.51. The van der Waals surface area contributed by atoms with Crippen LogP contribution < -0.4 is 5.32 Å². The molecule has 19 heavy (non-hydrogen) atoms. The maximum absolute atomic E-state index is 13.0. The molecule has 1 aromatic carbocycles. The molecule has 0 aromatic heterocycles. The van der Waals surface area contributed by atoms with Crippen molar-refractivity contribution in [1.29, 1.82) is 0 Å². The number of hydrogen-bond donors (Lipinski definition) is 1. The van der Waals surface area contributed by atoms with Crippen molar-refractivity contribution < 1.29 is 4.39 Å². The highest BCUT2D eigenvalue weighted by molar-refractivity contribution is 5.20. The van der Waals surface area contributed by atoms with Crippen LogP contribution in [0, 0.1) is 5.82 Å². The van der Waals surface area contributed by atoms with Crippen molar-refractivity contribution in [1.82, 2.24) is 10.2 Å². The number of nitrogens with one attached hydrogen (secondary N) is 1. The van der Waals surface area contributed by atoms with Crippen molar-refractivity contribution in [2.24, 2.45) is 0 Å². The summed E-state index contributed by atoms with van der Waals surface area (Å²) in [7, 11) is 0. The van der Waals surface area contributed by atoms with Crippen molar-refractivity contribution in [2.45, 2.75) is 38.6 Å². The maximum Gasteiger partial charge on any atom is 0.123 e. The van der Waals surface area contributed by atoms with Gasteiger partial charge < -0.3 is 10.2 Å². The standard InChI is InChI=1S/C16H25FN2/c1-2-10-18-16(9-13-19-11-3-4-12-19)14-5-7-15(17)8-6-14/h5-8,16,18H,2-4,9-13H2,1H3. The van der Waals surface area contributed by atoms with E-state index in [9.17, 15) is 4.39 Å². The van der Waals surface area contributed by atoms with Gasteiger partial charge in [-0.2, -0.15) is 0 Å². The Balaban J connectivity index is 1.91. The van der Waals surface area contributed by atoms with Gasteiger partial charge in [-0.3, -0.25) is 0 Å². The molecule has 0 aliphatic carbocycles. The highest BCUT2D eigenvalue weighted by atomic mass is 19.1. The molecule has 1 aliphatic heterocycles. The molecule has 0 radical (unpaired) electrons. The topological polar surface area (TPSA) is 15.3 Å². The molecular weight excluding hydrogens is 239 g/mol. The summed E-state index contributed by atoms with van der Waals surface area (Å²) in [4.78, 5) is 2.53. The van der Waals surface area contributed by atoms with Crippen molar-refractivity contribution in [3.8, 4) is 0 Å². The quantitative estimate of drug-likeness (QED) is 0.812. The summed E-state index contributed by atoms with van der Waals surface area (Å²) in [5.74, 6) is -0.155. The first-order chi connectivity index (χ1) is 9.29. The van der Waals surface area contributed by atoms with Gasteiger partial charge in [-0.25, -0.2) is 4.39 Å². The van der Waals surface area contributed by atoms with E-state index in [0.29, 0.717) is 6.04 Å². The van der Waals surface area contributed by atoms with E-state index < -0.39 is 0 Å². The molecule has 0 saturated carbocycles. The lowest BCUT2D eigenvalue weighted by Crippen LogP contribution is -2.28. The van der Waals surface area contributed by atoms with Crippen molar-refractivity contribution in [3.63, 3.8) is 0 Å². The predicted molar refractivity (Wildman–Crippen MR) is 77.7 cm³/mol. The van der Waals surface area contributed by atoms with Crippen LogP contribution in [0.15, 0.2) is 24.3 Å². The molecule has 1 N–H and O–H groups in total. The van der Waals surface area contributed by atoms with E-state index in [1.807, 2.05) is 12.1 Å². The van der Waals surface area contributed by atoms with Crippen LogP contribution in [0.5, 0.6) is 0 Å². The van der Waals surface area contributed by atoms with Gasteiger partial charge in [0.25, 0.3) is 0 Å². The lowest BCUT2D eigenvalue weighted by molar-refractivity contribution is 0.310. The molecule has 1 saturated heterocycles. The minimum absolute atomic E-state index is 0.155. The summed E-state index contributed by atoms with van der Waals surface area (Å²) < 4.78 is 13.0.